The Kier molecular flexibility index (Phi) is 6.74. The van der Waals surface area contributed by atoms with Gasteiger partial charge in [0.1, 0.15) is 6.04 Å². The average Bonchev–Trinajstić information content (AvgIpc) is 2.44. The Bertz CT molecular complexity index is 330. The number of hydrogen-bond donors (Lipinski definition) is 3. The SMILES string of the molecule is CCC(C)C(NC(=O)N1CCN(CCO)CC1)C(=O)O. The predicted molar refractivity (Wildman–Crippen MR) is 74.5 cm³/mol. The number of amides is 2. The van der Waals surface area contributed by atoms with Crippen LogP contribution in [0.4, 0.5) is 4.79 Å². The van der Waals surface area contributed by atoms with Crippen molar-refractivity contribution in [3.8, 4) is 0 Å². The molecule has 1 aliphatic rings. The van der Waals surface area contributed by atoms with Crippen LogP contribution in [-0.2, 0) is 4.79 Å². The van der Waals surface area contributed by atoms with Crippen molar-refractivity contribution in [2.75, 3.05) is 39.3 Å². The third kappa shape index (κ3) is 4.64. The van der Waals surface area contributed by atoms with Gasteiger partial charge in [-0.2, -0.15) is 0 Å². The number of nitrogens with zero attached hydrogens (tertiary/aromatic N) is 2. The van der Waals surface area contributed by atoms with Crippen LogP contribution in [0, 0.1) is 5.92 Å². The first kappa shape index (κ1) is 16.7. The summed E-state index contributed by atoms with van der Waals surface area (Å²) in [5.41, 5.74) is 0. The molecule has 0 saturated carbocycles. The molecule has 1 fully saturated rings. The van der Waals surface area contributed by atoms with Crippen molar-refractivity contribution < 1.29 is 19.8 Å². The number of nitrogens with one attached hydrogen (secondary N) is 1. The molecular formula is C13H25N3O4. The number of carbonyl (C=O) groups excluding carboxylic acids is 1. The molecule has 7 nitrogen and oxygen atoms in total. The summed E-state index contributed by atoms with van der Waals surface area (Å²) in [4.78, 5) is 27.0. The highest BCUT2D eigenvalue weighted by atomic mass is 16.4. The molecule has 1 saturated heterocycles. The second-order valence-corrected chi connectivity index (χ2v) is 5.20. The zero-order chi connectivity index (χ0) is 15.1. The monoisotopic (exact) mass is 287 g/mol. The fraction of sp³-hybridized carbons (Fsp3) is 0.846. The average molecular weight is 287 g/mol. The summed E-state index contributed by atoms with van der Waals surface area (Å²) in [7, 11) is 0. The van der Waals surface area contributed by atoms with Crippen LogP contribution in [0.3, 0.4) is 0 Å². The third-order valence-electron chi connectivity index (χ3n) is 3.83. The fourth-order valence-corrected chi connectivity index (χ4v) is 2.22. The van der Waals surface area contributed by atoms with Gasteiger partial charge in [0.2, 0.25) is 0 Å². The maximum atomic E-state index is 12.1. The van der Waals surface area contributed by atoms with Crippen LogP contribution in [0.25, 0.3) is 0 Å². The van der Waals surface area contributed by atoms with Gasteiger partial charge in [0, 0.05) is 32.7 Å². The normalized spacial score (nSPS) is 19.4. The summed E-state index contributed by atoms with van der Waals surface area (Å²) in [5, 5.41) is 20.6. The van der Waals surface area contributed by atoms with Gasteiger partial charge in [0.25, 0.3) is 0 Å². The number of β-amino-alcohol motifs (C(OH)–C–C–N with tert-alkyl or cyclic N) is 1. The first-order chi connectivity index (χ1) is 9.49. The van der Waals surface area contributed by atoms with E-state index in [1.165, 1.54) is 0 Å². The Labute approximate surface area is 119 Å². The molecule has 2 unspecified atom stereocenters. The molecule has 0 radical (unpaired) electrons. The highest BCUT2D eigenvalue weighted by Crippen LogP contribution is 2.09. The first-order valence-corrected chi connectivity index (χ1v) is 7.11. The molecule has 0 spiro atoms. The van der Waals surface area contributed by atoms with Gasteiger partial charge >= 0.3 is 12.0 Å². The number of carboxylic acid groups (broad SMARTS) is 1. The zero-order valence-corrected chi connectivity index (χ0v) is 12.2. The Balaban J connectivity index is 2.48. The number of urea groups is 1. The standard InChI is InChI=1S/C13H25N3O4/c1-3-10(2)11(12(18)19)14-13(20)16-6-4-15(5-7-16)8-9-17/h10-11,17H,3-9H2,1-2H3,(H,14,20)(H,18,19). The topological polar surface area (TPSA) is 93.1 Å². The first-order valence-electron chi connectivity index (χ1n) is 7.11. The molecule has 116 valence electrons. The molecule has 1 heterocycles. The van der Waals surface area contributed by atoms with E-state index in [0.29, 0.717) is 39.1 Å². The quantitative estimate of drug-likeness (QED) is 0.629. The molecule has 0 aromatic carbocycles. The third-order valence-corrected chi connectivity index (χ3v) is 3.83. The van der Waals surface area contributed by atoms with Crippen LogP contribution in [0.5, 0.6) is 0 Å². The lowest BCUT2D eigenvalue weighted by molar-refractivity contribution is -0.140. The Hall–Kier alpha value is -1.34. The van der Waals surface area contributed by atoms with E-state index in [0.717, 1.165) is 0 Å². The van der Waals surface area contributed by atoms with Crippen molar-refractivity contribution >= 4 is 12.0 Å². The van der Waals surface area contributed by atoms with Crippen molar-refractivity contribution in [2.45, 2.75) is 26.3 Å². The molecule has 1 rings (SSSR count). The van der Waals surface area contributed by atoms with Gasteiger partial charge in [0.15, 0.2) is 0 Å². The van der Waals surface area contributed by atoms with Crippen molar-refractivity contribution in [2.24, 2.45) is 5.92 Å². The Morgan fingerprint density at radius 2 is 1.85 bits per heavy atom. The Morgan fingerprint density at radius 3 is 2.30 bits per heavy atom. The van der Waals surface area contributed by atoms with E-state index in [2.05, 4.69) is 10.2 Å². The summed E-state index contributed by atoms with van der Waals surface area (Å²) in [6.07, 6.45) is 0.696. The minimum absolute atomic E-state index is 0.105. The van der Waals surface area contributed by atoms with Gasteiger partial charge in [-0.1, -0.05) is 20.3 Å². The Morgan fingerprint density at radius 1 is 1.25 bits per heavy atom. The van der Waals surface area contributed by atoms with Gasteiger partial charge in [0.05, 0.1) is 6.61 Å². The lowest BCUT2D eigenvalue weighted by Gasteiger charge is -2.35. The van der Waals surface area contributed by atoms with E-state index >= 15 is 0 Å². The maximum Gasteiger partial charge on any atom is 0.326 e. The van der Waals surface area contributed by atoms with E-state index in [4.69, 9.17) is 10.2 Å². The lowest BCUT2D eigenvalue weighted by atomic mass is 9.99. The van der Waals surface area contributed by atoms with Gasteiger partial charge in [-0.3, -0.25) is 4.90 Å². The molecule has 7 heteroatoms. The van der Waals surface area contributed by atoms with Gasteiger partial charge < -0.3 is 20.4 Å². The highest BCUT2D eigenvalue weighted by molar-refractivity contribution is 5.82. The summed E-state index contributed by atoms with van der Waals surface area (Å²) < 4.78 is 0. The minimum atomic E-state index is -0.994. The number of carboxylic acids is 1. The summed E-state index contributed by atoms with van der Waals surface area (Å²) in [6.45, 7) is 6.96. The van der Waals surface area contributed by atoms with Gasteiger partial charge in [-0.05, 0) is 5.92 Å². The number of aliphatic hydroxyl groups excluding tert-OH is 1. The van der Waals surface area contributed by atoms with Gasteiger partial charge in [-0.25, -0.2) is 9.59 Å². The number of rotatable bonds is 6. The summed E-state index contributed by atoms with van der Waals surface area (Å²) >= 11 is 0. The molecule has 0 aromatic heterocycles. The van der Waals surface area contributed by atoms with Crippen LogP contribution in [0.1, 0.15) is 20.3 Å². The fourth-order valence-electron chi connectivity index (χ4n) is 2.22. The van der Waals surface area contributed by atoms with E-state index in [1.54, 1.807) is 4.90 Å². The summed E-state index contributed by atoms with van der Waals surface area (Å²) in [6, 6.07) is -1.16. The van der Waals surface area contributed by atoms with Crippen molar-refractivity contribution in [3.05, 3.63) is 0 Å². The molecule has 3 N–H and O–H groups in total. The number of piperazine rings is 1. The van der Waals surface area contributed by atoms with Gasteiger partial charge in [-0.15, -0.1) is 0 Å². The van der Waals surface area contributed by atoms with E-state index in [-0.39, 0.29) is 18.6 Å². The van der Waals surface area contributed by atoms with Crippen LogP contribution in [0.15, 0.2) is 0 Å². The molecule has 0 bridgehead atoms. The maximum absolute atomic E-state index is 12.1. The van der Waals surface area contributed by atoms with E-state index < -0.39 is 12.0 Å². The molecule has 2 atom stereocenters. The highest BCUT2D eigenvalue weighted by Gasteiger charge is 2.28. The van der Waals surface area contributed by atoms with E-state index in [9.17, 15) is 9.59 Å². The largest absolute Gasteiger partial charge is 0.480 e. The van der Waals surface area contributed by atoms with Crippen molar-refractivity contribution in [1.82, 2.24) is 15.1 Å². The zero-order valence-electron chi connectivity index (χ0n) is 12.2. The number of hydrogen-bond acceptors (Lipinski definition) is 4. The molecule has 1 aliphatic heterocycles. The smallest absolute Gasteiger partial charge is 0.326 e. The minimum Gasteiger partial charge on any atom is -0.480 e. The van der Waals surface area contributed by atoms with E-state index in [1.807, 2.05) is 13.8 Å². The number of carbonyl (C=O) groups is 2. The van der Waals surface area contributed by atoms with Crippen LogP contribution >= 0.6 is 0 Å². The molecule has 0 aliphatic carbocycles. The second kappa shape index (κ2) is 8.06. The molecule has 20 heavy (non-hydrogen) atoms. The molecule has 0 aromatic rings. The second-order valence-electron chi connectivity index (χ2n) is 5.20. The molecule has 2 amide bonds. The number of aliphatic carboxylic acids is 1. The van der Waals surface area contributed by atoms with Crippen LogP contribution in [0.2, 0.25) is 0 Å². The summed E-state index contributed by atoms with van der Waals surface area (Å²) in [5.74, 6) is -1.10. The predicted octanol–water partition coefficient (Wildman–Crippen LogP) is -0.195. The lowest BCUT2D eigenvalue weighted by Crippen LogP contribution is -2.56. The van der Waals surface area contributed by atoms with Crippen LogP contribution in [-0.4, -0.2) is 77.4 Å². The van der Waals surface area contributed by atoms with Crippen molar-refractivity contribution in [1.29, 1.82) is 0 Å². The van der Waals surface area contributed by atoms with Crippen LogP contribution < -0.4 is 5.32 Å². The van der Waals surface area contributed by atoms with Crippen molar-refractivity contribution in [3.63, 3.8) is 0 Å². The molecular weight excluding hydrogens is 262 g/mol. The number of aliphatic hydroxyl groups is 1.